The number of aromatic amines is 2. The number of aliphatic hydroxyl groups is 1. The van der Waals surface area contributed by atoms with Crippen LogP contribution in [0.15, 0.2) is 29.1 Å². The zero-order chi connectivity index (χ0) is 19.1. The molecule has 1 heterocycles. The van der Waals surface area contributed by atoms with Gasteiger partial charge in [0.15, 0.2) is 0 Å². The lowest BCUT2D eigenvalue weighted by Gasteiger charge is -2.40. The fraction of sp³-hybridized carbons (Fsp3) is 0.474. The lowest BCUT2D eigenvalue weighted by atomic mass is 9.66. The second-order valence-corrected chi connectivity index (χ2v) is 7.20. The first-order chi connectivity index (χ1) is 12.3. The van der Waals surface area contributed by atoms with Crippen LogP contribution in [0.3, 0.4) is 0 Å². The van der Waals surface area contributed by atoms with Crippen molar-refractivity contribution >= 4 is 11.7 Å². The third kappa shape index (κ3) is 3.03. The summed E-state index contributed by atoms with van der Waals surface area (Å²) < 4.78 is 5.23. The van der Waals surface area contributed by atoms with Gasteiger partial charge in [-0.15, -0.1) is 0 Å². The molecule has 2 aromatic rings. The predicted octanol–water partition coefficient (Wildman–Crippen LogP) is 1.39. The summed E-state index contributed by atoms with van der Waals surface area (Å²) in [6, 6.07) is 7.65. The minimum Gasteiger partial charge on any atom is -0.466 e. The van der Waals surface area contributed by atoms with Crippen LogP contribution >= 0.6 is 0 Å². The van der Waals surface area contributed by atoms with Crippen molar-refractivity contribution < 1.29 is 14.6 Å². The first-order valence-corrected chi connectivity index (χ1v) is 8.72. The maximum absolute atomic E-state index is 12.7. The number of nitrogens with zero attached hydrogens (tertiary/aromatic N) is 1. The van der Waals surface area contributed by atoms with Crippen LogP contribution in [0.25, 0.3) is 0 Å². The summed E-state index contributed by atoms with van der Waals surface area (Å²) in [5, 5.41) is 16.4. The van der Waals surface area contributed by atoms with E-state index in [0.29, 0.717) is 11.3 Å². The van der Waals surface area contributed by atoms with Crippen LogP contribution in [0, 0.1) is 5.92 Å². The molecule has 1 aliphatic carbocycles. The van der Waals surface area contributed by atoms with E-state index in [1.807, 2.05) is 43.3 Å². The van der Waals surface area contributed by atoms with Gasteiger partial charge in [-0.1, -0.05) is 12.1 Å². The summed E-state index contributed by atoms with van der Waals surface area (Å²) in [5.74, 6) is -1.94. The quantitative estimate of drug-likeness (QED) is 0.717. The van der Waals surface area contributed by atoms with Gasteiger partial charge in [0.05, 0.1) is 18.1 Å². The molecule has 0 bridgehead atoms. The molecule has 3 unspecified atom stereocenters. The molecule has 3 rings (SSSR count). The Bertz CT molecular complexity index is 848. The molecule has 0 saturated heterocycles. The summed E-state index contributed by atoms with van der Waals surface area (Å²) in [6.45, 7) is 3.56. The standard InChI is InChI=1S/C19H25N3O4/c1-5-26-18(24)16-14(11-6-8-12(9-7-11)22(3)4)15-13(10-19(16,2)25)20-21-17(15)23/h6-9,14,16,25H,5,10H2,1-4H3,(H2,20,21,23). The van der Waals surface area contributed by atoms with Gasteiger partial charge in [0.25, 0.3) is 5.56 Å². The normalized spacial score (nSPS) is 24.8. The minimum absolute atomic E-state index is 0.177. The number of rotatable bonds is 4. The number of carbonyl (C=O) groups excluding carboxylic acids is 1. The highest BCUT2D eigenvalue weighted by Crippen LogP contribution is 2.44. The third-order valence-electron chi connectivity index (χ3n) is 5.05. The van der Waals surface area contributed by atoms with E-state index in [1.54, 1.807) is 13.8 Å². The predicted molar refractivity (Wildman–Crippen MR) is 98.5 cm³/mol. The molecule has 0 radical (unpaired) electrons. The molecular formula is C19H25N3O4. The fourth-order valence-electron chi connectivity index (χ4n) is 3.83. The summed E-state index contributed by atoms with van der Waals surface area (Å²) in [6.07, 6.45) is 0.177. The number of hydrogen-bond donors (Lipinski definition) is 3. The molecule has 3 atom stereocenters. The molecule has 1 aromatic heterocycles. The van der Waals surface area contributed by atoms with Crippen LogP contribution in [-0.2, 0) is 16.0 Å². The lowest BCUT2D eigenvalue weighted by Crippen LogP contribution is -2.50. The molecule has 140 valence electrons. The molecule has 0 amide bonds. The van der Waals surface area contributed by atoms with E-state index in [9.17, 15) is 14.7 Å². The number of aromatic nitrogens is 2. The molecule has 1 aromatic carbocycles. The van der Waals surface area contributed by atoms with E-state index in [1.165, 1.54) is 0 Å². The Morgan fingerprint density at radius 3 is 2.54 bits per heavy atom. The SMILES string of the molecule is CCOC(=O)C1C(c2ccc(N(C)C)cc2)c2c([nH][nH]c2=O)CC1(C)O. The highest BCUT2D eigenvalue weighted by molar-refractivity contribution is 5.77. The van der Waals surface area contributed by atoms with Crippen molar-refractivity contribution in [2.45, 2.75) is 31.8 Å². The average molecular weight is 359 g/mol. The topological polar surface area (TPSA) is 98.4 Å². The smallest absolute Gasteiger partial charge is 0.312 e. The average Bonchev–Trinajstić information content (AvgIpc) is 2.93. The van der Waals surface area contributed by atoms with Crippen LogP contribution in [0.1, 0.15) is 36.6 Å². The number of benzene rings is 1. The number of fused-ring (bicyclic) bond motifs is 1. The van der Waals surface area contributed by atoms with Crippen molar-refractivity contribution in [3.63, 3.8) is 0 Å². The molecule has 0 aliphatic heterocycles. The Hall–Kier alpha value is -2.54. The molecule has 7 heteroatoms. The monoisotopic (exact) mass is 359 g/mol. The number of esters is 1. The van der Waals surface area contributed by atoms with Gasteiger partial charge in [-0.3, -0.25) is 14.7 Å². The molecule has 7 nitrogen and oxygen atoms in total. The van der Waals surface area contributed by atoms with Crippen LogP contribution in [-0.4, -0.2) is 47.6 Å². The van der Waals surface area contributed by atoms with E-state index in [0.717, 1.165) is 11.3 Å². The zero-order valence-electron chi connectivity index (χ0n) is 15.5. The van der Waals surface area contributed by atoms with Crippen molar-refractivity contribution in [2.24, 2.45) is 5.92 Å². The number of ether oxygens (including phenoxy) is 1. The van der Waals surface area contributed by atoms with Gasteiger partial charge in [0, 0.05) is 43.4 Å². The number of H-pyrrole nitrogens is 2. The highest BCUT2D eigenvalue weighted by atomic mass is 16.5. The second kappa shape index (κ2) is 6.64. The van der Waals surface area contributed by atoms with E-state index < -0.39 is 23.4 Å². The first-order valence-electron chi connectivity index (χ1n) is 8.72. The van der Waals surface area contributed by atoms with E-state index in [4.69, 9.17) is 4.74 Å². The Labute approximate surface area is 152 Å². The lowest BCUT2D eigenvalue weighted by molar-refractivity contribution is -0.159. The van der Waals surface area contributed by atoms with E-state index in [-0.39, 0.29) is 18.6 Å². The minimum atomic E-state index is -1.34. The van der Waals surface area contributed by atoms with Gasteiger partial charge in [-0.2, -0.15) is 0 Å². The molecule has 1 aliphatic rings. The van der Waals surface area contributed by atoms with Crippen molar-refractivity contribution in [3.8, 4) is 0 Å². The van der Waals surface area contributed by atoms with Gasteiger partial charge in [0.2, 0.25) is 0 Å². The second-order valence-electron chi connectivity index (χ2n) is 7.20. The Balaban J connectivity index is 2.16. The summed E-state index contributed by atoms with van der Waals surface area (Å²) in [7, 11) is 3.88. The largest absolute Gasteiger partial charge is 0.466 e. The van der Waals surface area contributed by atoms with Crippen LogP contribution in [0.5, 0.6) is 0 Å². The van der Waals surface area contributed by atoms with Gasteiger partial charge in [-0.25, -0.2) is 0 Å². The molecular weight excluding hydrogens is 334 g/mol. The molecule has 26 heavy (non-hydrogen) atoms. The Morgan fingerprint density at radius 1 is 1.31 bits per heavy atom. The molecule has 0 fully saturated rings. The van der Waals surface area contributed by atoms with Gasteiger partial charge >= 0.3 is 5.97 Å². The van der Waals surface area contributed by atoms with Gasteiger partial charge < -0.3 is 19.8 Å². The number of carbonyl (C=O) groups is 1. The number of hydrogen-bond acceptors (Lipinski definition) is 5. The first kappa shape index (κ1) is 18.3. The number of anilines is 1. The third-order valence-corrected chi connectivity index (χ3v) is 5.05. The van der Waals surface area contributed by atoms with Crippen LogP contribution in [0.2, 0.25) is 0 Å². The zero-order valence-corrected chi connectivity index (χ0v) is 15.5. The van der Waals surface area contributed by atoms with E-state index >= 15 is 0 Å². The summed E-state index contributed by atoms with van der Waals surface area (Å²) >= 11 is 0. The Morgan fingerprint density at radius 2 is 1.96 bits per heavy atom. The van der Waals surface area contributed by atoms with Crippen LogP contribution in [0.4, 0.5) is 5.69 Å². The number of nitrogens with one attached hydrogen (secondary N) is 2. The van der Waals surface area contributed by atoms with Gasteiger partial charge in [0.1, 0.15) is 0 Å². The van der Waals surface area contributed by atoms with Crippen molar-refractivity contribution in [1.29, 1.82) is 0 Å². The van der Waals surface area contributed by atoms with Crippen molar-refractivity contribution in [3.05, 3.63) is 51.4 Å². The maximum Gasteiger partial charge on any atom is 0.312 e. The maximum atomic E-state index is 12.7. The van der Waals surface area contributed by atoms with Gasteiger partial charge in [-0.05, 0) is 31.5 Å². The molecule has 0 saturated carbocycles. The van der Waals surface area contributed by atoms with Crippen molar-refractivity contribution in [2.75, 3.05) is 25.6 Å². The highest BCUT2D eigenvalue weighted by Gasteiger charge is 2.51. The molecule has 0 spiro atoms. The fourth-order valence-corrected chi connectivity index (χ4v) is 3.83. The van der Waals surface area contributed by atoms with Crippen LogP contribution < -0.4 is 10.5 Å². The Kier molecular flexibility index (Phi) is 4.66. The summed E-state index contributed by atoms with van der Waals surface area (Å²) in [5.41, 5.74) is 1.31. The molecule has 3 N–H and O–H groups in total. The van der Waals surface area contributed by atoms with E-state index in [2.05, 4.69) is 10.2 Å². The van der Waals surface area contributed by atoms with Crippen molar-refractivity contribution in [1.82, 2.24) is 10.2 Å². The summed E-state index contributed by atoms with van der Waals surface area (Å²) in [4.78, 5) is 27.1.